The number of phenolic OH excluding ortho intramolecular Hbond substituents is 1. The molecular formula is C23H21ClF3NO5. The Balaban J connectivity index is 2.16. The highest BCUT2D eigenvalue weighted by molar-refractivity contribution is 6.33. The number of unbranched alkanes of at least 4 members (excludes halogenated alkanes) is 1. The van der Waals surface area contributed by atoms with Gasteiger partial charge in [0, 0.05) is 16.6 Å². The fraction of sp³-hybridized carbons (Fsp3) is 0.304. The van der Waals surface area contributed by atoms with E-state index < -0.39 is 29.9 Å². The van der Waals surface area contributed by atoms with Gasteiger partial charge in [-0.3, -0.25) is 14.2 Å². The van der Waals surface area contributed by atoms with Crippen LogP contribution in [0.4, 0.5) is 13.2 Å². The molecule has 176 valence electrons. The van der Waals surface area contributed by atoms with Crippen molar-refractivity contribution in [3.05, 3.63) is 58.2 Å². The van der Waals surface area contributed by atoms with E-state index in [1.807, 2.05) is 6.92 Å². The van der Waals surface area contributed by atoms with Gasteiger partial charge in [-0.15, -0.1) is 13.2 Å². The first kappa shape index (κ1) is 24.4. The van der Waals surface area contributed by atoms with E-state index in [4.69, 9.17) is 11.6 Å². The van der Waals surface area contributed by atoms with Crippen molar-refractivity contribution in [2.45, 2.75) is 45.4 Å². The lowest BCUT2D eigenvalue weighted by Gasteiger charge is -2.14. The van der Waals surface area contributed by atoms with Crippen molar-refractivity contribution in [3.8, 4) is 11.5 Å². The number of rotatable bonds is 7. The van der Waals surface area contributed by atoms with Crippen LogP contribution in [-0.2, 0) is 4.79 Å². The maximum Gasteiger partial charge on any atom is 0.573 e. The van der Waals surface area contributed by atoms with Crippen molar-refractivity contribution in [1.82, 2.24) is 4.57 Å². The Morgan fingerprint density at radius 2 is 1.82 bits per heavy atom. The monoisotopic (exact) mass is 483 g/mol. The number of fused-ring (bicyclic) bond motifs is 1. The third kappa shape index (κ3) is 5.08. The molecule has 10 heteroatoms. The molecule has 0 radical (unpaired) electrons. The third-order valence-corrected chi connectivity index (χ3v) is 5.65. The molecule has 1 unspecified atom stereocenters. The van der Waals surface area contributed by atoms with Gasteiger partial charge in [0.05, 0.1) is 16.5 Å². The average molecular weight is 484 g/mol. The normalized spacial score (nSPS) is 12.7. The molecule has 0 aliphatic carbocycles. The van der Waals surface area contributed by atoms with Gasteiger partial charge in [-0.1, -0.05) is 31.4 Å². The number of aromatic hydroxyl groups is 1. The van der Waals surface area contributed by atoms with Gasteiger partial charge in [0.25, 0.3) is 5.91 Å². The van der Waals surface area contributed by atoms with E-state index in [-0.39, 0.29) is 21.9 Å². The highest BCUT2D eigenvalue weighted by Gasteiger charge is 2.32. The number of carbonyl (C=O) groups excluding carboxylic acids is 1. The van der Waals surface area contributed by atoms with Crippen LogP contribution in [0.25, 0.3) is 10.9 Å². The Hall–Kier alpha value is -3.20. The minimum Gasteiger partial charge on any atom is -0.506 e. The largest absolute Gasteiger partial charge is 0.573 e. The van der Waals surface area contributed by atoms with E-state index in [1.165, 1.54) is 28.8 Å². The van der Waals surface area contributed by atoms with Crippen LogP contribution in [-0.4, -0.2) is 33.0 Å². The van der Waals surface area contributed by atoms with Crippen LogP contribution in [0.5, 0.6) is 11.5 Å². The number of phenols is 1. The summed E-state index contributed by atoms with van der Waals surface area (Å²) in [6, 6.07) is 7.09. The Morgan fingerprint density at radius 3 is 2.36 bits per heavy atom. The molecule has 0 aliphatic heterocycles. The number of aromatic nitrogens is 1. The fourth-order valence-corrected chi connectivity index (χ4v) is 4.04. The predicted molar refractivity (Wildman–Crippen MR) is 116 cm³/mol. The van der Waals surface area contributed by atoms with Crippen molar-refractivity contribution in [1.29, 1.82) is 0 Å². The number of carbonyl (C=O) groups is 2. The molecule has 6 nitrogen and oxygen atoms in total. The van der Waals surface area contributed by atoms with Gasteiger partial charge < -0.3 is 14.9 Å². The van der Waals surface area contributed by atoms with E-state index in [1.54, 1.807) is 6.92 Å². The zero-order valence-corrected chi connectivity index (χ0v) is 18.5. The zero-order valence-electron chi connectivity index (χ0n) is 17.7. The van der Waals surface area contributed by atoms with E-state index in [9.17, 15) is 33.0 Å². The molecule has 1 aromatic heterocycles. The highest BCUT2D eigenvalue weighted by Crippen LogP contribution is 2.39. The number of ether oxygens (including phenoxy) is 1. The fourth-order valence-electron chi connectivity index (χ4n) is 3.88. The molecule has 33 heavy (non-hydrogen) atoms. The number of hydrogen-bond acceptors (Lipinski definition) is 4. The number of alkyl halides is 3. The van der Waals surface area contributed by atoms with Crippen LogP contribution >= 0.6 is 11.6 Å². The second-order valence-corrected chi connectivity index (χ2v) is 7.97. The summed E-state index contributed by atoms with van der Waals surface area (Å²) in [5.74, 6) is -3.33. The molecule has 0 aliphatic rings. The van der Waals surface area contributed by atoms with Gasteiger partial charge in [-0.05, 0) is 55.3 Å². The molecule has 2 N–H and O–H groups in total. The number of nitrogens with zero attached hydrogens (tertiary/aromatic N) is 1. The molecule has 1 atom stereocenters. The average Bonchev–Trinajstić information content (AvgIpc) is 2.98. The number of benzene rings is 2. The number of carboxylic acids is 1. The maximum absolute atomic E-state index is 13.3. The summed E-state index contributed by atoms with van der Waals surface area (Å²) in [7, 11) is 0. The van der Waals surface area contributed by atoms with Crippen LogP contribution in [0.3, 0.4) is 0 Å². The molecule has 0 spiro atoms. The lowest BCUT2D eigenvalue weighted by Crippen LogP contribution is -2.18. The number of halogens is 4. The second-order valence-electron chi connectivity index (χ2n) is 7.57. The lowest BCUT2D eigenvalue weighted by atomic mass is 9.91. The summed E-state index contributed by atoms with van der Waals surface area (Å²) in [6.07, 6.45) is -3.13. The van der Waals surface area contributed by atoms with E-state index >= 15 is 0 Å². The Bertz CT molecular complexity index is 1200. The minimum atomic E-state index is -4.86. The molecule has 2 aromatic carbocycles. The molecule has 3 aromatic rings. The first-order valence-corrected chi connectivity index (χ1v) is 10.5. The molecule has 1 heterocycles. The summed E-state index contributed by atoms with van der Waals surface area (Å²) in [5.41, 5.74) is 1.06. The lowest BCUT2D eigenvalue weighted by molar-refractivity contribution is -0.274. The SMILES string of the molecule is CCCCC(C(=O)O)c1c(C)n(C(=O)c2ccc(OC(F)(F)F)cc2)c2cc(Cl)c(O)cc12. The summed E-state index contributed by atoms with van der Waals surface area (Å²) < 4.78 is 42.4. The van der Waals surface area contributed by atoms with Crippen molar-refractivity contribution >= 4 is 34.4 Å². The first-order chi connectivity index (χ1) is 15.4. The van der Waals surface area contributed by atoms with Gasteiger partial charge in [0.2, 0.25) is 0 Å². The van der Waals surface area contributed by atoms with E-state index in [0.717, 1.165) is 18.6 Å². The van der Waals surface area contributed by atoms with Crippen LogP contribution in [0, 0.1) is 6.92 Å². The topological polar surface area (TPSA) is 88.8 Å². The quantitative estimate of drug-likeness (QED) is 0.414. The second kappa shape index (κ2) is 9.35. The van der Waals surface area contributed by atoms with Gasteiger partial charge >= 0.3 is 12.3 Å². The molecule has 3 rings (SSSR count). The third-order valence-electron chi connectivity index (χ3n) is 5.35. The van der Waals surface area contributed by atoms with Crippen molar-refractivity contribution < 1.29 is 37.7 Å². The van der Waals surface area contributed by atoms with Gasteiger partial charge in [0.1, 0.15) is 11.5 Å². The Labute approximate surface area is 192 Å². The molecule has 0 fully saturated rings. The number of aliphatic carboxylic acids is 1. The smallest absolute Gasteiger partial charge is 0.506 e. The molecule has 0 amide bonds. The number of hydrogen-bond donors (Lipinski definition) is 2. The van der Waals surface area contributed by atoms with Gasteiger partial charge in [-0.25, -0.2) is 0 Å². The Morgan fingerprint density at radius 1 is 1.18 bits per heavy atom. The minimum absolute atomic E-state index is 0.0324. The van der Waals surface area contributed by atoms with Gasteiger partial charge in [0.15, 0.2) is 0 Å². The number of carboxylic acid groups (broad SMARTS) is 1. The van der Waals surface area contributed by atoms with Crippen molar-refractivity contribution in [3.63, 3.8) is 0 Å². The Kier molecular flexibility index (Phi) is 6.92. The van der Waals surface area contributed by atoms with E-state index in [2.05, 4.69) is 4.74 Å². The maximum atomic E-state index is 13.3. The first-order valence-electron chi connectivity index (χ1n) is 10.1. The summed E-state index contributed by atoms with van der Waals surface area (Å²) in [6.45, 7) is 3.51. The molecule has 0 saturated carbocycles. The summed E-state index contributed by atoms with van der Waals surface area (Å²) in [4.78, 5) is 25.4. The van der Waals surface area contributed by atoms with Crippen LogP contribution in [0.15, 0.2) is 36.4 Å². The van der Waals surface area contributed by atoms with Crippen molar-refractivity contribution in [2.24, 2.45) is 0 Å². The molecule has 0 bridgehead atoms. The van der Waals surface area contributed by atoms with Crippen LogP contribution < -0.4 is 4.74 Å². The van der Waals surface area contributed by atoms with E-state index in [0.29, 0.717) is 29.5 Å². The highest BCUT2D eigenvalue weighted by atomic mass is 35.5. The molecule has 0 saturated heterocycles. The summed E-state index contributed by atoms with van der Waals surface area (Å²) in [5, 5.41) is 20.3. The summed E-state index contributed by atoms with van der Waals surface area (Å²) >= 11 is 6.07. The standard InChI is InChI=1S/C23H21ClF3NO5/c1-3-4-5-15(22(31)32)20-12(2)28(18-11-17(24)19(29)10-16(18)20)21(30)13-6-8-14(9-7-13)33-23(25,26)27/h6-11,15,29H,3-5H2,1-2H3,(H,31,32). The predicted octanol–water partition coefficient (Wildman–Crippen LogP) is 6.25. The van der Waals surface area contributed by atoms with Crippen LogP contribution in [0.1, 0.15) is 53.7 Å². The van der Waals surface area contributed by atoms with Crippen LogP contribution in [0.2, 0.25) is 5.02 Å². The molecular weight excluding hydrogens is 463 g/mol. The zero-order chi connectivity index (χ0) is 24.5. The van der Waals surface area contributed by atoms with Gasteiger partial charge in [-0.2, -0.15) is 0 Å². The van der Waals surface area contributed by atoms with Crippen molar-refractivity contribution in [2.75, 3.05) is 0 Å².